The van der Waals surface area contributed by atoms with Crippen molar-refractivity contribution in [2.45, 2.75) is 26.8 Å². The molecule has 0 amide bonds. The molecule has 6 heteroatoms. The average Bonchev–Trinajstić information content (AvgIpc) is 3.15. The second-order valence-corrected chi connectivity index (χ2v) is 6.89. The van der Waals surface area contributed by atoms with E-state index < -0.39 is 0 Å². The molecular formula is C18H17N5S. The van der Waals surface area contributed by atoms with Crippen LogP contribution in [0.25, 0.3) is 21.1 Å². The number of hydrogen-bond acceptors (Lipinski definition) is 5. The number of aromatic amines is 1. The summed E-state index contributed by atoms with van der Waals surface area (Å²) in [7, 11) is 0. The van der Waals surface area contributed by atoms with Crippen molar-refractivity contribution >= 4 is 38.3 Å². The van der Waals surface area contributed by atoms with E-state index in [0.29, 0.717) is 12.4 Å². The van der Waals surface area contributed by atoms with Gasteiger partial charge in [0.15, 0.2) is 5.82 Å². The number of nitrogens with zero attached hydrogens (tertiary/aromatic N) is 4. The van der Waals surface area contributed by atoms with Gasteiger partial charge in [0.05, 0.1) is 11.9 Å². The lowest BCUT2D eigenvalue weighted by Crippen LogP contribution is -1.87. The predicted molar refractivity (Wildman–Crippen MR) is 98.0 cm³/mol. The highest BCUT2D eigenvalue weighted by molar-refractivity contribution is 7.18. The highest BCUT2D eigenvalue weighted by atomic mass is 32.1. The van der Waals surface area contributed by atoms with E-state index >= 15 is 0 Å². The zero-order valence-corrected chi connectivity index (χ0v) is 14.4. The molecule has 0 fully saturated rings. The van der Waals surface area contributed by atoms with Crippen LogP contribution in [0.5, 0.6) is 0 Å². The van der Waals surface area contributed by atoms with Crippen molar-refractivity contribution in [3.63, 3.8) is 0 Å². The number of nitrogens with one attached hydrogen (secondary N) is 1. The van der Waals surface area contributed by atoms with Gasteiger partial charge in [0, 0.05) is 27.0 Å². The maximum absolute atomic E-state index is 4.42. The minimum Gasteiger partial charge on any atom is -0.358 e. The predicted octanol–water partition coefficient (Wildman–Crippen LogP) is 5.33. The van der Waals surface area contributed by atoms with Crippen LogP contribution in [0.3, 0.4) is 0 Å². The van der Waals surface area contributed by atoms with E-state index in [1.807, 2.05) is 6.07 Å². The molecule has 0 saturated heterocycles. The van der Waals surface area contributed by atoms with Gasteiger partial charge in [0.1, 0.15) is 11.2 Å². The third kappa shape index (κ3) is 2.59. The number of hydrogen-bond donors (Lipinski definition) is 1. The third-order valence-corrected chi connectivity index (χ3v) is 5.04. The fraction of sp³-hybridized carbons (Fsp3) is 0.222. The zero-order valence-electron chi connectivity index (χ0n) is 13.6. The Balaban J connectivity index is 1.68. The summed E-state index contributed by atoms with van der Waals surface area (Å²) in [6.07, 6.45) is 2.50. The normalized spacial score (nSPS) is 11.9. The van der Waals surface area contributed by atoms with Crippen LogP contribution in [0, 0.1) is 6.92 Å². The van der Waals surface area contributed by atoms with Crippen molar-refractivity contribution in [3.05, 3.63) is 52.8 Å². The van der Waals surface area contributed by atoms with Gasteiger partial charge in [-0.1, -0.05) is 25.1 Å². The van der Waals surface area contributed by atoms with Gasteiger partial charge in [-0.3, -0.25) is 0 Å². The summed E-state index contributed by atoms with van der Waals surface area (Å²) in [5, 5.41) is 11.0. The topological polar surface area (TPSA) is 66.3 Å². The molecule has 0 saturated carbocycles. The number of para-hydroxylation sites is 1. The summed E-state index contributed by atoms with van der Waals surface area (Å²) >= 11 is 1.65. The molecule has 4 rings (SSSR count). The second-order valence-electron chi connectivity index (χ2n) is 5.65. The van der Waals surface area contributed by atoms with Crippen molar-refractivity contribution in [1.82, 2.24) is 15.0 Å². The molecule has 1 aromatic carbocycles. The van der Waals surface area contributed by atoms with E-state index in [1.54, 1.807) is 17.7 Å². The van der Waals surface area contributed by atoms with Crippen LogP contribution >= 0.6 is 11.3 Å². The second kappa shape index (κ2) is 6.13. The van der Waals surface area contributed by atoms with Crippen molar-refractivity contribution in [1.29, 1.82) is 0 Å². The summed E-state index contributed by atoms with van der Waals surface area (Å²) < 4.78 is 0. The van der Waals surface area contributed by atoms with Gasteiger partial charge in [0.25, 0.3) is 0 Å². The SMILES string of the molecule is CCc1[nH]c2ccccc2c1CN=Nc1ncnc2sc(C)cc12. The van der Waals surface area contributed by atoms with Gasteiger partial charge in [-0.05, 0) is 25.5 Å². The van der Waals surface area contributed by atoms with E-state index in [1.165, 1.54) is 21.5 Å². The average molecular weight is 335 g/mol. The molecule has 3 heterocycles. The van der Waals surface area contributed by atoms with E-state index in [-0.39, 0.29) is 0 Å². The molecule has 4 aromatic rings. The van der Waals surface area contributed by atoms with E-state index in [0.717, 1.165) is 22.2 Å². The molecule has 0 aliphatic carbocycles. The smallest absolute Gasteiger partial charge is 0.185 e. The van der Waals surface area contributed by atoms with Crippen LogP contribution in [-0.4, -0.2) is 15.0 Å². The fourth-order valence-electron chi connectivity index (χ4n) is 2.95. The lowest BCUT2D eigenvalue weighted by atomic mass is 10.1. The quantitative estimate of drug-likeness (QED) is 0.512. The first kappa shape index (κ1) is 15.0. The van der Waals surface area contributed by atoms with Crippen molar-refractivity contribution in [2.24, 2.45) is 10.2 Å². The Hall–Kier alpha value is -2.60. The monoisotopic (exact) mass is 335 g/mol. The molecule has 3 aromatic heterocycles. The number of thiophene rings is 1. The number of H-pyrrole nitrogens is 1. The minimum absolute atomic E-state index is 0.543. The lowest BCUT2D eigenvalue weighted by molar-refractivity contribution is 0.922. The van der Waals surface area contributed by atoms with E-state index in [2.05, 4.69) is 63.3 Å². The van der Waals surface area contributed by atoms with Crippen LogP contribution in [0.1, 0.15) is 23.1 Å². The first-order valence-electron chi connectivity index (χ1n) is 7.93. The van der Waals surface area contributed by atoms with Crippen molar-refractivity contribution in [2.75, 3.05) is 0 Å². The van der Waals surface area contributed by atoms with Gasteiger partial charge >= 0.3 is 0 Å². The van der Waals surface area contributed by atoms with Gasteiger partial charge in [-0.25, -0.2) is 9.97 Å². The van der Waals surface area contributed by atoms with E-state index in [9.17, 15) is 0 Å². The molecule has 24 heavy (non-hydrogen) atoms. The number of aromatic nitrogens is 3. The first-order valence-corrected chi connectivity index (χ1v) is 8.75. The molecular weight excluding hydrogens is 318 g/mol. The molecule has 0 spiro atoms. The maximum Gasteiger partial charge on any atom is 0.185 e. The molecule has 120 valence electrons. The molecule has 1 N–H and O–H groups in total. The highest BCUT2D eigenvalue weighted by Crippen LogP contribution is 2.30. The highest BCUT2D eigenvalue weighted by Gasteiger charge is 2.10. The number of benzene rings is 1. The van der Waals surface area contributed by atoms with Crippen molar-refractivity contribution < 1.29 is 0 Å². The summed E-state index contributed by atoms with van der Waals surface area (Å²) in [6.45, 7) is 4.75. The summed E-state index contributed by atoms with van der Waals surface area (Å²) in [6, 6.07) is 10.4. The minimum atomic E-state index is 0.543. The largest absolute Gasteiger partial charge is 0.358 e. The Labute approximate surface area is 143 Å². The summed E-state index contributed by atoms with van der Waals surface area (Å²) in [5.74, 6) is 0.641. The van der Waals surface area contributed by atoms with E-state index in [4.69, 9.17) is 0 Å². The van der Waals surface area contributed by atoms with Gasteiger partial charge in [-0.15, -0.1) is 16.5 Å². The van der Waals surface area contributed by atoms with Crippen LogP contribution in [0.4, 0.5) is 5.82 Å². The molecule has 5 nitrogen and oxygen atoms in total. The third-order valence-electron chi connectivity index (χ3n) is 4.08. The summed E-state index contributed by atoms with van der Waals surface area (Å²) in [5.41, 5.74) is 3.58. The molecule has 0 atom stereocenters. The van der Waals surface area contributed by atoms with Crippen LogP contribution in [0.15, 0.2) is 46.9 Å². The van der Waals surface area contributed by atoms with Crippen LogP contribution in [0.2, 0.25) is 0 Å². The number of azo groups is 1. The molecule has 0 radical (unpaired) electrons. The standard InChI is InChI=1S/C18H17N5S/c1-3-15-14(12-6-4-5-7-16(12)22-15)9-21-23-17-13-8-11(2)24-18(13)20-10-19-17/h4-8,10,22H,3,9H2,1-2H3. The van der Waals surface area contributed by atoms with Gasteiger partial charge < -0.3 is 4.98 Å². The lowest BCUT2D eigenvalue weighted by Gasteiger charge is -1.98. The Kier molecular flexibility index (Phi) is 3.82. The van der Waals surface area contributed by atoms with Crippen LogP contribution < -0.4 is 0 Å². The Morgan fingerprint density at radius 1 is 1.17 bits per heavy atom. The Morgan fingerprint density at radius 2 is 2.04 bits per heavy atom. The molecule has 0 aliphatic rings. The molecule has 0 bridgehead atoms. The van der Waals surface area contributed by atoms with Crippen LogP contribution in [-0.2, 0) is 13.0 Å². The Bertz CT molecular complexity index is 1040. The number of rotatable bonds is 4. The summed E-state index contributed by atoms with van der Waals surface area (Å²) in [4.78, 5) is 14.2. The zero-order chi connectivity index (χ0) is 16.5. The maximum atomic E-state index is 4.42. The molecule has 0 unspecified atom stereocenters. The molecule has 0 aliphatic heterocycles. The number of aryl methyl sites for hydroxylation is 2. The fourth-order valence-corrected chi connectivity index (χ4v) is 3.80. The van der Waals surface area contributed by atoms with Gasteiger partial charge in [0.2, 0.25) is 0 Å². The van der Waals surface area contributed by atoms with Crippen molar-refractivity contribution in [3.8, 4) is 0 Å². The first-order chi connectivity index (χ1) is 11.8. The Morgan fingerprint density at radius 3 is 2.92 bits per heavy atom. The number of fused-ring (bicyclic) bond motifs is 2. The van der Waals surface area contributed by atoms with Gasteiger partial charge in [-0.2, -0.15) is 5.11 Å².